The predicted molar refractivity (Wildman–Crippen MR) is 73.5 cm³/mol. The average molecular weight is 267 g/mol. The van der Waals surface area contributed by atoms with Crippen LogP contribution in [-0.4, -0.2) is 26.8 Å². The molecule has 0 aromatic heterocycles. The molecule has 0 amide bonds. The summed E-state index contributed by atoms with van der Waals surface area (Å²) in [4.78, 5) is 0.497. The molecule has 1 fully saturated rings. The number of hydrogen-bond donors (Lipinski definition) is 1. The Bertz CT molecular complexity index is 510. The summed E-state index contributed by atoms with van der Waals surface area (Å²) in [6.45, 7) is 1.87. The number of hydrogen-bond acceptors (Lipinski definition) is 3. The van der Waals surface area contributed by atoms with Crippen molar-refractivity contribution < 1.29 is 8.42 Å². The highest BCUT2D eigenvalue weighted by atomic mass is 32.2. The van der Waals surface area contributed by atoms with Gasteiger partial charge in [-0.1, -0.05) is 31.0 Å². The first-order valence-corrected chi connectivity index (χ1v) is 8.09. The van der Waals surface area contributed by atoms with Crippen LogP contribution in [0.3, 0.4) is 0 Å². The zero-order valence-electron chi connectivity index (χ0n) is 11.0. The van der Waals surface area contributed by atoms with E-state index in [4.69, 9.17) is 0 Å². The van der Waals surface area contributed by atoms with E-state index in [1.807, 2.05) is 26.1 Å². The monoisotopic (exact) mass is 267 g/mol. The largest absolute Gasteiger partial charge is 0.316 e. The van der Waals surface area contributed by atoms with Gasteiger partial charge in [-0.3, -0.25) is 0 Å². The lowest BCUT2D eigenvalue weighted by molar-refractivity contribution is 0.389. The Hall–Kier alpha value is -0.870. The van der Waals surface area contributed by atoms with E-state index in [9.17, 15) is 8.42 Å². The van der Waals surface area contributed by atoms with Crippen LogP contribution in [0.5, 0.6) is 0 Å². The molecule has 0 saturated heterocycles. The van der Waals surface area contributed by atoms with Gasteiger partial charge in [0.2, 0.25) is 0 Å². The molecule has 18 heavy (non-hydrogen) atoms. The van der Waals surface area contributed by atoms with Gasteiger partial charge in [-0.2, -0.15) is 0 Å². The van der Waals surface area contributed by atoms with Gasteiger partial charge in [0, 0.05) is 6.04 Å². The van der Waals surface area contributed by atoms with E-state index in [1.54, 1.807) is 12.1 Å². The Labute approximate surface area is 110 Å². The van der Waals surface area contributed by atoms with Crippen LogP contribution < -0.4 is 5.32 Å². The van der Waals surface area contributed by atoms with E-state index < -0.39 is 9.84 Å². The van der Waals surface area contributed by atoms with E-state index >= 15 is 0 Å². The lowest BCUT2D eigenvalue weighted by Crippen LogP contribution is -2.44. The maximum absolute atomic E-state index is 12.7. The van der Waals surface area contributed by atoms with Gasteiger partial charge in [-0.05, 0) is 38.4 Å². The molecule has 2 unspecified atom stereocenters. The van der Waals surface area contributed by atoms with Crippen LogP contribution in [0.25, 0.3) is 0 Å². The van der Waals surface area contributed by atoms with Crippen molar-refractivity contribution in [3.05, 3.63) is 29.8 Å². The van der Waals surface area contributed by atoms with Crippen molar-refractivity contribution in [3.63, 3.8) is 0 Å². The number of rotatable bonds is 3. The topological polar surface area (TPSA) is 46.2 Å². The summed E-state index contributed by atoms with van der Waals surface area (Å²) in [5.74, 6) is 0. The molecule has 1 N–H and O–H groups in total. The maximum Gasteiger partial charge on any atom is 0.183 e. The fourth-order valence-corrected chi connectivity index (χ4v) is 5.13. The van der Waals surface area contributed by atoms with Gasteiger partial charge in [0.25, 0.3) is 0 Å². The van der Waals surface area contributed by atoms with Crippen LogP contribution >= 0.6 is 0 Å². The molecule has 2 atom stereocenters. The van der Waals surface area contributed by atoms with E-state index in [-0.39, 0.29) is 11.3 Å². The zero-order valence-corrected chi connectivity index (χ0v) is 11.8. The van der Waals surface area contributed by atoms with Crippen LogP contribution in [0.4, 0.5) is 0 Å². The lowest BCUT2D eigenvalue weighted by Gasteiger charge is -2.31. The van der Waals surface area contributed by atoms with Gasteiger partial charge >= 0.3 is 0 Å². The van der Waals surface area contributed by atoms with E-state index in [2.05, 4.69) is 5.32 Å². The van der Waals surface area contributed by atoms with Crippen LogP contribution in [0.1, 0.15) is 31.2 Å². The molecular formula is C14H21NO2S. The molecule has 1 aromatic rings. The third-order valence-electron chi connectivity index (χ3n) is 3.87. The van der Waals surface area contributed by atoms with E-state index in [0.717, 1.165) is 31.2 Å². The van der Waals surface area contributed by atoms with Crippen LogP contribution in [0.2, 0.25) is 0 Å². The van der Waals surface area contributed by atoms with Crippen LogP contribution in [0, 0.1) is 6.92 Å². The number of benzene rings is 1. The molecule has 1 aromatic carbocycles. The minimum absolute atomic E-state index is 0.0864. The van der Waals surface area contributed by atoms with E-state index in [0.29, 0.717) is 4.90 Å². The van der Waals surface area contributed by atoms with Gasteiger partial charge in [0.05, 0.1) is 10.1 Å². The third kappa shape index (κ3) is 2.45. The molecule has 4 heteroatoms. The Balaban J connectivity index is 2.39. The van der Waals surface area contributed by atoms with Gasteiger partial charge in [-0.25, -0.2) is 8.42 Å². The highest BCUT2D eigenvalue weighted by Gasteiger charge is 2.36. The van der Waals surface area contributed by atoms with Crippen molar-refractivity contribution in [3.8, 4) is 0 Å². The maximum atomic E-state index is 12.7. The Morgan fingerprint density at radius 3 is 2.50 bits per heavy atom. The Kier molecular flexibility index (Phi) is 4.07. The van der Waals surface area contributed by atoms with Crippen molar-refractivity contribution >= 4 is 9.84 Å². The highest BCUT2D eigenvalue weighted by molar-refractivity contribution is 7.92. The zero-order chi connectivity index (χ0) is 13.2. The molecule has 1 aliphatic rings. The Morgan fingerprint density at radius 2 is 1.83 bits per heavy atom. The first kappa shape index (κ1) is 13.6. The van der Waals surface area contributed by atoms with Gasteiger partial charge in [0.15, 0.2) is 9.84 Å². The quantitative estimate of drug-likeness (QED) is 0.914. The molecule has 0 heterocycles. The van der Waals surface area contributed by atoms with Crippen molar-refractivity contribution in [1.82, 2.24) is 5.32 Å². The molecule has 1 saturated carbocycles. The number of sulfone groups is 1. The lowest BCUT2D eigenvalue weighted by atomic mass is 9.95. The van der Waals surface area contributed by atoms with Gasteiger partial charge < -0.3 is 5.32 Å². The first-order chi connectivity index (χ1) is 8.57. The van der Waals surface area contributed by atoms with Gasteiger partial charge in [0.1, 0.15) is 0 Å². The predicted octanol–water partition coefficient (Wildman–Crippen LogP) is 2.30. The SMILES string of the molecule is CNC1CCCCC1S(=O)(=O)c1ccccc1C. The summed E-state index contributed by atoms with van der Waals surface area (Å²) >= 11 is 0. The second-order valence-electron chi connectivity index (χ2n) is 5.03. The second kappa shape index (κ2) is 5.41. The molecule has 2 rings (SSSR count). The molecule has 0 spiro atoms. The smallest absolute Gasteiger partial charge is 0.183 e. The normalized spacial score (nSPS) is 25.0. The fourth-order valence-electron chi connectivity index (χ4n) is 2.84. The molecule has 3 nitrogen and oxygen atoms in total. The highest BCUT2D eigenvalue weighted by Crippen LogP contribution is 2.30. The number of nitrogens with one attached hydrogen (secondary N) is 1. The summed E-state index contributed by atoms with van der Waals surface area (Å²) in [5.41, 5.74) is 0.845. The third-order valence-corrected chi connectivity index (χ3v) is 6.30. The minimum Gasteiger partial charge on any atom is -0.316 e. The number of aryl methyl sites for hydroxylation is 1. The summed E-state index contributed by atoms with van der Waals surface area (Å²) in [7, 11) is -1.36. The second-order valence-corrected chi connectivity index (χ2v) is 7.16. The molecule has 1 aliphatic carbocycles. The molecule has 0 aliphatic heterocycles. The first-order valence-electron chi connectivity index (χ1n) is 6.54. The summed E-state index contributed by atoms with van der Waals surface area (Å²) in [6, 6.07) is 7.36. The molecular weight excluding hydrogens is 246 g/mol. The fraction of sp³-hybridized carbons (Fsp3) is 0.571. The van der Waals surface area contributed by atoms with Crippen LogP contribution in [0.15, 0.2) is 29.2 Å². The molecule has 0 bridgehead atoms. The minimum atomic E-state index is -3.22. The van der Waals surface area contributed by atoms with E-state index in [1.165, 1.54) is 0 Å². The van der Waals surface area contributed by atoms with Crippen LogP contribution in [-0.2, 0) is 9.84 Å². The average Bonchev–Trinajstić information content (AvgIpc) is 2.39. The van der Waals surface area contributed by atoms with Gasteiger partial charge in [-0.15, -0.1) is 0 Å². The van der Waals surface area contributed by atoms with Crippen molar-refractivity contribution in [2.45, 2.75) is 48.8 Å². The molecule has 0 radical (unpaired) electrons. The standard InChI is InChI=1S/C14H21NO2S/c1-11-7-3-5-9-13(11)18(16,17)14-10-6-4-8-12(14)15-2/h3,5,7,9,12,14-15H,4,6,8,10H2,1-2H3. The summed E-state index contributed by atoms with van der Waals surface area (Å²) in [6.07, 6.45) is 3.84. The van der Waals surface area contributed by atoms with Crippen molar-refractivity contribution in [2.75, 3.05) is 7.05 Å². The Morgan fingerprint density at radius 1 is 1.17 bits per heavy atom. The molecule has 100 valence electrons. The van der Waals surface area contributed by atoms with Crippen molar-refractivity contribution in [1.29, 1.82) is 0 Å². The summed E-state index contributed by atoms with van der Waals surface area (Å²) in [5, 5.41) is 2.89. The van der Waals surface area contributed by atoms with Crippen molar-refractivity contribution in [2.24, 2.45) is 0 Å². The summed E-state index contributed by atoms with van der Waals surface area (Å²) < 4.78 is 25.5.